The fraction of sp³-hybridized carbons (Fsp3) is 0.240. The lowest BCUT2D eigenvalue weighted by atomic mass is 10.0. The van der Waals surface area contributed by atoms with Gasteiger partial charge in [-0.1, -0.05) is 17.7 Å². The van der Waals surface area contributed by atoms with Gasteiger partial charge in [-0.05, 0) is 77.8 Å². The quantitative estimate of drug-likeness (QED) is 0.449. The normalized spacial score (nSPS) is 17.1. The summed E-state index contributed by atoms with van der Waals surface area (Å²) in [5.41, 5.74) is 7.75. The SMILES string of the molecule is Cc1cc(/C=C2/C(=O)Nc3cc(Cl)ccc32)c(C)n1-c1ccc(N2CCOCC2)c(Br)c1. The second-order valence-electron chi connectivity index (χ2n) is 8.10. The minimum Gasteiger partial charge on any atom is -0.378 e. The number of benzene rings is 2. The van der Waals surface area contributed by atoms with Crippen molar-refractivity contribution in [1.29, 1.82) is 0 Å². The van der Waals surface area contributed by atoms with E-state index in [9.17, 15) is 4.79 Å². The third-order valence-corrected chi connectivity index (χ3v) is 6.95. The molecule has 1 aromatic heterocycles. The number of carbonyl (C=O) groups excluding carboxylic acids is 1. The molecule has 2 aliphatic rings. The molecule has 2 aromatic carbocycles. The molecular formula is C25H23BrClN3O2. The number of hydrogen-bond acceptors (Lipinski definition) is 3. The van der Waals surface area contributed by atoms with Crippen molar-refractivity contribution in [2.75, 3.05) is 36.5 Å². The highest BCUT2D eigenvalue weighted by Crippen LogP contribution is 2.36. The topological polar surface area (TPSA) is 46.5 Å². The van der Waals surface area contributed by atoms with E-state index < -0.39 is 0 Å². The van der Waals surface area contributed by atoms with Crippen LogP contribution in [-0.2, 0) is 9.53 Å². The molecule has 0 saturated carbocycles. The first-order chi connectivity index (χ1) is 15.4. The number of morpholine rings is 1. The summed E-state index contributed by atoms with van der Waals surface area (Å²) in [6.07, 6.45) is 1.96. The molecule has 3 heterocycles. The first kappa shape index (κ1) is 21.3. The summed E-state index contributed by atoms with van der Waals surface area (Å²) in [7, 11) is 0. The molecule has 0 spiro atoms. The fourth-order valence-corrected chi connectivity index (χ4v) is 5.28. The summed E-state index contributed by atoms with van der Waals surface area (Å²) < 4.78 is 8.76. The van der Waals surface area contributed by atoms with Crippen molar-refractivity contribution in [1.82, 2.24) is 4.57 Å². The van der Waals surface area contributed by atoms with Crippen LogP contribution in [0.25, 0.3) is 17.3 Å². The molecule has 0 unspecified atom stereocenters. The van der Waals surface area contributed by atoms with E-state index in [1.54, 1.807) is 6.07 Å². The zero-order valence-corrected chi connectivity index (χ0v) is 20.3. The van der Waals surface area contributed by atoms with Gasteiger partial charge in [-0.15, -0.1) is 0 Å². The van der Waals surface area contributed by atoms with E-state index >= 15 is 0 Å². The summed E-state index contributed by atoms with van der Waals surface area (Å²) in [5, 5.41) is 3.51. The van der Waals surface area contributed by atoms with E-state index in [1.807, 2.05) is 18.2 Å². The molecule has 7 heteroatoms. The Morgan fingerprint density at radius 3 is 2.62 bits per heavy atom. The van der Waals surface area contributed by atoms with E-state index in [0.29, 0.717) is 10.6 Å². The van der Waals surface area contributed by atoms with Crippen molar-refractivity contribution >= 4 is 56.5 Å². The number of aryl methyl sites for hydroxylation is 1. The highest BCUT2D eigenvalue weighted by Gasteiger charge is 2.25. The summed E-state index contributed by atoms with van der Waals surface area (Å²) in [6.45, 7) is 7.47. The first-order valence-corrected chi connectivity index (χ1v) is 11.7. The van der Waals surface area contributed by atoms with Gasteiger partial charge in [-0.3, -0.25) is 4.79 Å². The Kier molecular flexibility index (Phi) is 5.61. The number of nitrogens with one attached hydrogen (secondary N) is 1. The predicted molar refractivity (Wildman–Crippen MR) is 134 cm³/mol. The monoisotopic (exact) mass is 511 g/mol. The Hall–Kier alpha value is -2.54. The Labute approximate surface area is 200 Å². The van der Waals surface area contributed by atoms with E-state index in [1.165, 1.54) is 5.69 Å². The van der Waals surface area contributed by atoms with Crippen molar-refractivity contribution < 1.29 is 9.53 Å². The highest BCUT2D eigenvalue weighted by atomic mass is 79.9. The molecule has 1 amide bonds. The number of aromatic nitrogens is 1. The molecule has 0 aliphatic carbocycles. The summed E-state index contributed by atoms with van der Waals surface area (Å²) >= 11 is 9.85. The van der Waals surface area contributed by atoms with Gasteiger partial charge in [0, 0.05) is 50.8 Å². The van der Waals surface area contributed by atoms with Crippen LogP contribution in [0, 0.1) is 13.8 Å². The second-order valence-corrected chi connectivity index (χ2v) is 9.39. The van der Waals surface area contributed by atoms with Crippen LogP contribution >= 0.6 is 27.5 Å². The molecule has 32 heavy (non-hydrogen) atoms. The molecule has 1 saturated heterocycles. The summed E-state index contributed by atoms with van der Waals surface area (Å²) in [6, 6.07) is 14.1. The Balaban J connectivity index is 1.51. The van der Waals surface area contributed by atoms with Gasteiger partial charge in [0.05, 0.1) is 24.6 Å². The van der Waals surface area contributed by atoms with Crippen LogP contribution in [0.1, 0.15) is 22.5 Å². The molecule has 2 aliphatic heterocycles. The van der Waals surface area contributed by atoms with Crippen molar-refractivity contribution in [3.8, 4) is 5.69 Å². The summed E-state index contributed by atoms with van der Waals surface area (Å²) in [4.78, 5) is 14.9. The lowest BCUT2D eigenvalue weighted by molar-refractivity contribution is -0.110. The Morgan fingerprint density at radius 2 is 1.88 bits per heavy atom. The molecule has 0 atom stereocenters. The van der Waals surface area contributed by atoms with Gasteiger partial charge in [0.25, 0.3) is 5.91 Å². The smallest absolute Gasteiger partial charge is 0.256 e. The standard InChI is InChI=1S/C25H23BrClN3O2/c1-15-11-17(12-21-20-5-3-18(27)13-23(20)28-25(21)31)16(2)30(15)19-4-6-24(22(26)14-19)29-7-9-32-10-8-29/h3-6,11-14H,7-10H2,1-2H3,(H,28,31)/b21-12+. The number of fused-ring (bicyclic) bond motifs is 1. The van der Waals surface area contributed by atoms with Gasteiger partial charge >= 0.3 is 0 Å². The van der Waals surface area contributed by atoms with Crippen LogP contribution in [-0.4, -0.2) is 36.8 Å². The van der Waals surface area contributed by atoms with E-state index in [-0.39, 0.29) is 5.91 Å². The molecule has 3 aromatic rings. The van der Waals surface area contributed by atoms with Gasteiger partial charge in [0.15, 0.2) is 0 Å². The molecule has 1 fully saturated rings. The number of anilines is 2. The maximum absolute atomic E-state index is 12.6. The van der Waals surface area contributed by atoms with Crippen LogP contribution in [0.4, 0.5) is 11.4 Å². The van der Waals surface area contributed by atoms with Crippen LogP contribution in [0.3, 0.4) is 0 Å². The lowest BCUT2D eigenvalue weighted by Gasteiger charge is -2.30. The number of hydrogen-bond donors (Lipinski definition) is 1. The number of halogens is 2. The van der Waals surface area contributed by atoms with Crippen LogP contribution < -0.4 is 10.2 Å². The highest BCUT2D eigenvalue weighted by molar-refractivity contribution is 9.10. The zero-order chi connectivity index (χ0) is 22.4. The molecule has 1 N–H and O–H groups in total. The van der Waals surface area contributed by atoms with Crippen molar-refractivity contribution in [2.45, 2.75) is 13.8 Å². The van der Waals surface area contributed by atoms with Gasteiger partial charge in [-0.25, -0.2) is 0 Å². The Morgan fingerprint density at radius 1 is 1.09 bits per heavy atom. The van der Waals surface area contributed by atoms with Gasteiger partial charge in [-0.2, -0.15) is 0 Å². The first-order valence-electron chi connectivity index (χ1n) is 10.6. The van der Waals surface area contributed by atoms with E-state index in [4.69, 9.17) is 16.3 Å². The average molecular weight is 513 g/mol. The molecular weight excluding hydrogens is 490 g/mol. The minimum absolute atomic E-state index is 0.107. The molecule has 0 radical (unpaired) electrons. The van der Waals surface area contributed by atoms with Gasteiger partial charge in [0.1, 0.15) is 0 Å². The number of nitrogens with zero attached hydrogens (tertiary/aromatic N) is 2. The number of carbonyl (C=O) groups is 1. The zero-order valence-electron chi connectivity index (χ0n) is 17.9. The largest absolute Gasteiger partial charge is 0.378 e. The van der Waals surface area contributed by atoms with E-state index in [2.05, 4.69) is 68.8 Å². The van der Waals surface area contributed by atoms with Crippen LogP contribution in [0.5, 0.6) is 0 Å². The van der Waals surface area contributed by atoms with Crippen LogP contribution in [0.15, 0.2) is 46.9 Å². The molecule has 164 valence electrons. The van der Waals surface area contributed by atoms with Crippen molar-refractivity contribution in [2.24, 2.45) is 0 Å². The average Bonchev–Trinajstić information content (AvgIpc) is 3.23. The van der Waals surface area contributed by atoms with Gasteiger partial charge < -0.3 is 19.5 Å². The van der Waals surface area contributed by atoms with Crippen LogP contribution in [0.2, 0.25) is 5.02 Å². The number of ether oxygens (including phenoxy) is 1. The van der Waals surface area contributed by atoms with Crippen molar-refractivity contribution in [3.05, 3.63) is 74.5 Å². The molecule has 0 bridgehead atoms. The third-order valence-electron chi connectivity index (χ3n) is 6.08. The third kappa shape index (κ3) is 3.76. The second kappa shape index (κ2) is 8.43. The lowest BCUT2D eigenvalue weighted by Crippen LogP contribution is -2.36. The number of amides is 1. The maximum Gasteiger partial charge on any atom is 0.256 e. The van der Waals surface area contributed by atoms with E-state index in [0.717, 1.165) is 64.7 Å². The predicted octanol–water partition coefficient (Wildman–Crippen LogP) is 5.84. The molecule has 5 rings (SSSR count). The summed E-state index contributed by atoms with van der Waals surface area (Å²) in [5.74, 6) is -0.107. The number of rotatable bonds is 3. The van der Waals surface area contributed by atoms with Crippen molar-refractivity contribution in [3.63, 3.8) is 0 Å². The Bertz CT molecular complexity index is 1260. The maximum atomic E-state index is 12.6. The van der Waals surface area contributed by atoms with Gasteiger partial charge in [0.2, 0.25) is 0 Å². The molecule has 5 nitrogen and oxygen atoms in total. The fourth-order valence-electron chi connectivity index (χ4n) is 4.49. The minimum atomic E-state index is -0.107.